The summed E-state index contributed by atoms with van der Waals surface area (Å²) in [7, 11) is 0. The Balaban J connectivity index is 1.73. The highest BCUT2D eigenvalue weighted by molar-refractivity contribution is 5.89. The first kappa shape index (κ1) is 18.7. The van der Waals surface area contributed by atoms with E-state index < -0.39 is 34.5 Å². The number of hydrogen-bond donors (Lipinski definition) is 0. The fourth-order valence-corrected chi connectivity index (χ4v) is 3.67. The van der Waals surface area contributed by atoms with Crippen molar-refractivity contribution in [2.45, 2.75) is 25.0 Å². The van der Waals surface area contributed by atoms with Crippen molar-refractivity contribution in [2.75, 3.05) is 0 Å². The third kappa shape index (κ3) is 3.36. The molecular formula is C21H13F3N2O3. The van der Waals surface area contributed by atoms with Gasteiger partial charge in [-0.05, 0) is 40.6 Å². The first-order valence-electron chi connectivity index (χ1n) is 8.76. The van der Waals surface area contributed by atoms with Gasteiger partial charge in [-0.3, -0.25) is 10.1 Å². The van der Waals surface area contributed by atoms with Gasteiger partial charge in [0.15, 0.2) is 17.7 Å². The first-order valence-corrected chi connectivity index (χ1v) is 8.76. The molecule has 2 unspecified atom stereocenters. The minimum atomic E-state index is -1.32. The van der Waals surface area contributed by atoms with Crippen LogP contribution in [0, 0.1) is 38.9 Å². The highest BCUT2D eigenvalue weighted by Gasteiger charge is 2.39. The Morgan fingerprint density at radius 1 is 1.10 bits per heavy atom. The Morgan fingerprint density at radius 3 is 2.59 bits per heavy atom. The average Bonchev–Trinajstić information content (AvgIpc) is 2.70. The molecular weight excluding hydrogens is 385 g/mol. The molecule has 29 heavy (non-hydrogen) atoms. The van der Waals surface area contributed by atoms with E-state index in [1.807, 2.05) is 6.07 Å². The number of nitriles is 1. The molecule has 0 amide bonds. The normalized spacial score (nSPS) is 18.0. The first-order chi connectivity index (χ1) is 13.9. The second-order valence-corrected chi connectivity index (χ2v) is 6.86. The molecule has 0 aliphatic carbocycles. The Bertz CT molecular complexity index is 1190. The van der Waals surface area contributed by atoms with Crippen molar-refractivity contribution in [1.82, 2.24) is 0 Å². The molecule has 1 aliphatic rings. The van der Waals surface area contributed by atoms with E-state index in [-0.39, 0.29) is 18.4 Å². The smallest absolute Gasteiger partial charge is 0.253 e. The van der Waals surface area contributed by atoms with Gasteiger partial charge in [-0.15, -0.1) is 0 Å². The Morgan fingerprint density at radius 2 is 1.86 bits per heavy atom. The Labute approximate surface area is 163 Å². The SMILES string of the molecule is N#Cc1ccc2c3c(ccc2c1)OC(Cc1cc(F)c(F)cc1F)C([N+](=O)[O-])C3. The quantitative estimate of drug-likeness (QED) is 0.374. The van der Waals surface area contributed by atoms with Crippen LogP contribution in [0.1, 0.15) is 16.7 Å². The molecule has 0 radical (unpaired) electrons. The zero-order chi connectivity index (χ0) is 20.7. The third-order valence-corrected chi connectivity index (χ3v) is 5.12. The Hall–Kier alpha value is -3.60. The van der Waals surface area contributed by atoms with Crippen LogP contribution in [0.15, 0.2) is 42.5 Å². The van der Waals surface area contributed by atoms with Crippen LogP contribution < -0.4 is 4.74 Å². The van der Waals surface area contributed by atoms with Gasteiger partial charge in [0.05, 0.1) is 11.6 Å². The molecule has 0 fully saturated rings. The van der Waals surface area contributed by atoms with E-state index in [1.165, 1.54) is 0 Å². The number of benzene rings is 3. The summed E-state index contributed by atoms with van der Waals surface area (Å²) in [6.07, 6.45) is -1.30. The minimum absolute atomic E-state index is 0.0293. The summed E-state index contributed by atoms with van der Waals surface area (Å²) in [6.45, 7) is 0. The van der Waals surface area contributed by atoms with Crippen LogP contribution in [0.4, 0.5) is 13.2 Å². The number of nitrogens with zero attached hydrogens (tertiary/aromatic N) is 2. The van der Waals surface area contributed by atoms with Crippen LogP contribution in [0.3, 0.4) is 0 Å². The van der Waals surface area contributed by atoms with Gasteiger partial charge in [0.2, 0.25) is 0 Å². The molecule has 146 valence electrons. The van der Waals surface area contributed by atoms with E-state index in [0.29, 0.717) is 29.0 Å². The van der Waals surface area contributed by atoms with Gasteiger partial charge in [-0.25, -0.2) is 13.2 Å². The number of fused-ring (bicyclic) bond motifs is 3. The lowest BCUT2D eigenvalue weighted by atomic mass is 9.90. The lowest BCUT2D eigenvalue weighted by molar-refractivity contribution is -0.533. The van der Waals surface area contributed by atoms with Crippen LogP contribution in [-0.2, 0) is 12.8 Å². The number of rotatable bonds is 3. The Kier molecular flexibility index (Phi) is 4.59. The maximum Gasteiger partial charge on any atom is 0.253 e. The number of hydrogen-bond acceptors (Lipinski definition) is 4. The second-order valence-electron chi connectivity index (χ2n) is 6.86. The fraction of sp³-hybridized carbons (Fsp3) is 0.190. The van der Waals surface area contributed by atoms with Crippen molar-refractivity contribution in [3.8, 4) is 11.8 Å². The summed E-state index contributed by atoms with van der Waals surface area (Å²) in [6, 6.07) is 10.3. The van der Waals surface area contributed by atoms with Crippen LogP contribution in [0.25, 0.3) is 10.8 Å². The summed E-state index contributed by atoms with van der Waals surface area (Å²) in [5.74, 6) is -3.12. The zero-order valence-electron chi connectivity index (χ0n) is 14.9. The lowest BCUT2D eigenvalue weighted by Gasteiger charge is -2.29. The van der Waals surface area contributed by atoms with Gasteiger partial charge in [0, 0.05) is 29.4 Å². The molecule has 0 saturated heterocycles. The number of ether oxygens (including phenoxy) is 1. The summed E-state index contributed by atoms with van der Waals surface area (Å²) in [4.78, 5) is 11.2. The van der Waals surface area contributed by atoms with E-state index in [4.69, 9.17) is 10.00 Å². The van der Waals surface area contributed by atoms with E-state index in [1.54, 1.807) is 30.3 Å². The average molecular weight is 398 g/mol. The summed E-state index contributed by atoms with van der Waals surface area (Å²) < 4.78 is 46.5. The molecule has 2 atom stereocenters. The van der Waals surface area contributed by atoms with Crippen molar-refractivity contribution >= 4 is 10.8 Å². The topological polar surface area (TPSA) is 76.2 Å². The van der Waals surface area contributed by atoms with Crippen molar-refractivity contribution in [3.05, 3.63) is 86.7 Å². The van der Waals surface area contributed by atoms with Crippen molar-refractivity contribution in [1.29, 1.82) is 5.26 Å². The van der Waals surface area contributed by atoms with Gasteiger partial charge in [0.25, 0.3) is 6.04 Å². The standard InChI is InChI=1S/C21H13F3N2O3/c22-16-9-18(24)17(23)6-13(16)7-21-19(26(27)28)8-15-14-3-1-11(10-25)5-12(14)2-4-20(15)29-21/h1-6,9,19,21H,7-8H2. The highest BCUT2D eigenvalue weighted by Crippen LogP contribution is 2.36. The van der Waals surface area contributed by atoms with Crippen LogP contribution in [-0.4, -0.2) is 17.1 Å². The van der Waals surface area contributed by atoms with Crippen molar-refractivity contribution in [3.63, 3.8) is 0 Å². The van der Waals surface area contributed by atoms with Gasteiger partial charge < -0.3 is 4.74 Å². The molecule has 0 saturated carbocycles. The molecule has 1 aliphatic heterocycles. The summed E-state index contributed by atoms with van der Waals surface area (Å²) in [5.41, 5.74) is 0.894. The molecule has 4 rings (SSSR count). The van der Waals surface area contributed by atoms with Crippen LogP contribution in [0.2, 0.25) is 0 Å². The predicted molar refractivity (Wildman–Crippen MR) is 97.6 cm³/mol. The maximum atomic E-state index is 14.0. The van der Waals surface area contributed by atoms with E-state index >= 15 is 0 Å². The number of nitro groups is 1. The van der Waals surface area contributed by atoms with Crippen molar-refractivity contribution < 1.29 is 22.8 Å². The largest absolute Gasteiger partial charge is 0.483 e. The monoisotopic (exact) mass is 398 g/mol. The zero-order valence-corrected chi connectivity index (χ0v) is 14.9. The summed E-state index contributed by atoms with van der Waals surface area (Å²) in [5, 5.41) is 22.2. The second kappa shape index (κ2) is 7.09. The van der Waals surface area contributed by atoms with Crippen LogP contribution in [0.5, 0.6) is 5.75 Å². The van der Waals surface area contributed by atoms with E-state index in [2.05, 4.69) is 0 Å². The molecule has 1 heterocycles. The fourth-order valence-electron chi connectivity index (χ4n) is 3.67. The van der Waals surface area contributed by atoms with Gasteiger partial charge >= 0.3 is 0 Å². The van der Waals surface area contributed by atoms with E-state index in [9.17, 15) is 23.3 Å². The highest BCUT2D eigenvalue weighted by atomic mass is 19.2. The number of halogens is 3. The molecule has 0 N–H and O–H groups in total. The predicted octanol–water partition coefficient (Wildman–Crippen LogP) is 4.32. The van der Waals surface area contributed by atoms with Gasteiger partial charge in [-0.2, -0.15) is 5.26 Å². The van der Waals surface area contributed by atoms with Gasteiger partial charge in [0.1, 0.15) is 11.6 Å². The van der Waals surface area contributed by atoms with Crippen LogP contribution >= 0.6 is 0 Å². The molecule has 0 bridgehead atoms. The molecule has 5 nitrogen and oxygen atoms in total. The summed E-state index contributed by atoms with van der Waals surface area (Å²) >= 11 is 0. The molecule has 0 spiro atoms. The third-order valence-electron chi connectivity index (χ3n) is 5.12. The van der Waals surface area contributed by atoms with Crippen molar-refractivity contribution in [2.24, 2.45) is 0 Å². The van der Waals surface area contributed by atoms with Gasteiger partial charge in [-0.1, -0.05) is 12.1 Å². The van der Waals surface area contributed by atoms with E-state index in [0.717, 1.165) is 10.8 Å². The minimum Gasteiger partial charge on any atom is -0.483 e. The maximum absolute atomic E-state index is 14.0. The molecule has 3 aromatic carbocycles. The lowest BCUT2D eigenvalue weighted by Crippen LogP contribution is -2.44. The molecule has 0 aromatic heterocycles. The molecule has 3 aromatic rings. The molecule has 8 heteroatoms.